The minimum atomic E-state index is -0.518. The molecule has 4 heterocycles. The highest BCUT2D eigenvalue weighted by Crippen LogP contribution is 2.38. The number of piperidine rings is 1. The van der Waals surface area contributed by atoms with E-state index in [1.165, 1.54) is 0 Å². The molecule has 2 aliphatic rings. The first-order chi connectivity index (χ1) is 14.0. The predicted molar refractivity (Wildman–Crippen MR) is 112 cm³/mol. The summed E-state index contributed by atoms with van der Waals surface area (Å²) in [6.45, 7) is 5.83. The van der Waals surface area contributed by atoms with Gasteiger partial charge in [0, 0.05) is 36.4 Å². The second-order valence-corrected chi connectivity index (χ2v) is 8.13. The molecule has 2 aromatic heterocycles. The average Bonchev–Trinajstić information content (AvgIpc) is 3.21. The molecule has 1 aromatic carbocycles. The maximum absolute atomic E-state index is 12.2. The van der Waals surface area contributed by atoms with Gasteiger partial charge in [0.15, 0.2) is 11.5 Å². The third-order valence-corrected chi connectivity index (χ3v) is 5.66. The monoisotopic (exact) mass is 392 g/mol. The van der Waals surface area contributed by atoms with E-state index in [0.717, 1.165) is 48.7 Å². The lowest BCUT2D eigenvalue weighted by atomic mass is 9.86. The zero-order valence-electron chi connectivity index (χ0n) is 16.5. The topological polar surface area (TPSA) is 108 Å². The lowest BCUT2D eigenvalue weighted by Crippen LogP contribution is -2.38. The fourth-order valence-corrected chi connectivity index (χ4v) is 3.94. The summed E-state index contributed by atoms with van der Waals surface area (Å²) in [5, 5.41) is 17.6. The number of hydrogen-bond acceptors (Lipinski definition) is 7. The summed E-state index contributed by atoms with van der Waals surface area (Å²) in [5.41, 5.74) is 2.79. The van der Waals surface area contributed by atoms with E-state index in [2.05, 4.69) is 36.3 Å². The molecule has 1 unspecified atom stereocenters. The van der Waals surface area contributed by atoms with Gasteiger partial charge in [-0.15, -0.1) is 5.10 Å². The molecule has 0 spiro atoms. The van der Waals surface area contributed by atoms with Crippen LogP contribution >= 0.6 is 0 Å². The summed E-state index contributed by atoms with van der Waals surface area (Å²) in [4.78, 5) is 21.2. The van der Waals surface area contributed by atoms with Gasteiger partial charge in [-0.05, 0) is 50.9 Å². The molecule has 150 valence electrons. The smallest absolute Gasteiger partial charge is 0.247 e. The second kappa shape index (κ2) is 6.70. The Kier molecular flexibility index (Phi) is 4.13. The van der Waals surface area contributed by atoms with Crippen molar-refractivity contribution in [3.8, 4) is 0 Å². The fraction of sp³-hybridized carbons (Fsp3) is 0.400. The van der Waals surface area contributed by atoms with Crippen LogP contribution in [0.4, 0.5) is 23.1 Å². The molecule has 0 saturated carbocycles. The maximum atomic E-state index is 12.2. The van der Waals surface area contributed by atoms with Crippen LogP contribution < -0.4 is 21.3 Å². The Bertz CT molecular complexity index is 1080. The molecule has 29 heavy (non-hydrogen) atoms. The molecule has 0 aliphatic carbocycles. The van der Waals surface area contributed by atoms with Crippen LogP contribution in [0.5, 0.6) is 0 Å². The van der Waals surface area contributed by atoms with Gasteiger partial charge in [-0.1, -0.05) is 6.07 Å². The number of nitrogens with one attached hydrogen (secondary N) is 4. The van der Waals surface area contributed by atoms with E-state index in [1.807, 2.05) is 32.0 Å². The van der Waals surface area contributed by atoms with Gasteiger partial charge >= 0.3 is 0 Å². The summed E-state index contributed by atoms with van der Waals surface area (Å²) in [6.07, 6.45) is 5.75. The highest BCUT2D eigenvalue weighted by Gasteiger charge is 2.38. The Morgan fingerprint density at radius 3 is 3.03 bits per heavy atom. The van der Waals surface area contributed by atoms with Gasteiger partial charge in [0.25, 0.3) is 0 Å². The van der Waals surface area contributed by atoms with Gasteiger partial charge in [0.05, 0.1) is 5.41 Å². The first kappa shape index (κ1) is 17.9. The number of fused-ring (bicyclic) bond motifs is 2. The third kappa shape index (κ3) is 3.17. The van der Waals surface area contributed by atoms with E-state index < -0.39 is 5.41 Å². The minimum Gasteiger partial charge on any atom is -0.363 e. The third-order valence-electron chi connectivity index (χ3n) is 5.66. The molecule has 3 aromatic rings. The minimum absolute atomic E-state index is 0.00879. The van der Waals surface area contributed by atoms with Crippen LogP contribution in [0.2, 0.25) is 0 Å². The Morgan fingerprint density at radius 1 is 1.31 bits per heavy atom. The molecule has 4 N–H and O–H groups in total. The summed E-state index contributed by atoms with van der Waals surface area (Å²) in [6, 6.07) is 6.16. The van der Waals surface area contributed by atoms with Gasteiger partial charge < -0.3 is 21.3 Å². The second-order valence-electron chi connectivity index (χ2n) is 8.13. The molecule has 0 bridgehead atoms. The zero-order valence-corrected chi connectivity index (χ0v) is 16.5. The van der Waals surface area contributed by atoms with Crippen LogP contribution in [0.3, 0.4) is 0 Å². The summed E-state index contributed by atoms with van der Waals surface area (Å²) in [7, 11) is 0. The number of aromatic nitrogens is 4. The molecule has 0 radical (unpaired) electrons. The van der Waals surface area contributed by atoms with E-state index in [4.69, 9.17) is 0 Å². The van der Waals surface area contributed by atoms with Crippen molar-refractivity contribution in [3.05, 3.63) is 36.2 Å². The predicted octanol–water partition coefficient (Wildman–Crippen LogP) is 2.26. The van der Waals surface area contributed by atoms with Crippen molar-refractivity contribution in [3.63, 3.8) is 0 Å². The number of rotatable bonds is 4. The number of benzene rings is 1. The summed E-state index contributed by atoms with van der Waals surface area (Å²) in [5.74, 6) is 1.21. The van der Waals surface area contributed by atoms with E-state index in [1.54, 1.807) is 16.9 Å². The molecule has 2 aliphatic heterocycles. The van der Waals surface area contributed by atoms with E-state index >= 15 is 0 Å². The maximum Gasteiger partial charge on any atom is 0.247 e. The van der Waals surface area contributed by atoms with Crippen molar-refractivity contribution in [1.29, 1.82) is 0 Å². The highest BCUT2D eigenvalue weighted by molar-refractivity contribution is 6.06. The van der Waals surface area contributed by atoms with Crippen LogP contribution in [-0.4, -0.2) is 44.6 Å². The molecule has 9 nitrogen and oxygen atoms in total. The van der Waals surface area contributed by atoms with E-state index in [0.29, 0.717) is 17.6 Å². The number of hydrogen-bond donors (Lipinski definition) is 4. The zero-order chi connectivity index (χ0) is 20.0. The van der Waals surface area contributed by atoms with Crippen LogP contribution in [-0.2, 0) is 10.2 Å². The van der Waals surface area contributed by atoms with Crippen LogP contribution in [0, 0.1) is 0 Å². The molecule has 1 amide bonds. The van der Waals surface area contributed by atoms with Crippen molar-refractivity contribution in [1.82, 2.24) is 24.9 Å². The molecule has 9 heteroatoms. The Morgan fingerprint density at radius 2 is 2.21 bits per heavy atom. The van der Waals surface area contributed by atoms with E-state index in [-0.39, 0.29) is 5.91 Å². The molecule has 5 rings (SSSR count). The van der Waals surface area contributed by atoms with Crippen LogP contribution in [0.25, 0.3) is 5.65 Å². The number of amides is 1. The van der Waals surface area contributed by atoms with Crippen molar-refractivity contribution in [2.75, 3.05) is 29.0 Å². The van der Waals surface area contributed by atoms with Crippen molar-refractivity contribution >= 4 is 34.7 Å². The molecule has 1 saturated heterocycles. The lowest BCUT2D eigenvalue weighted by Gasteiger charge is -2.24. The first-order valence-corrected chi connectivity index (χ1v) is 9.92. The summed E-state index contributed by atoms with van der Waals surface area (Å²) >= 11 is 0. The average molecular weight is 392 g/mol. The fourth-order valence-electron chi connectivity index (χ4n) is 3.94. The van der Waals surface area contributed by atoms with Gasteiger partial charge in [-0.3, -0.25) is 4.79 Å². The Labute approximate surface area is 168 Å². The largest absolute Gasteiger partial charge is 0.363 e. The van der Waals surface area contributed by atoms with Crippen LogP contribution in [0.15, 0.2) is 30.6 Å². The number of carbonyl (C=O) groups is 1. The van der Waals surface area contributed by atoms with Crippen molar-refractivity contribution < 1.29 is 4.79 Å². The van der Waals surface area contributed by atoms with Gasteiger partial charge in [-0.2, -0.15) is 4.98 Å². The summed E-state index contributed by atoms with van der Waals surface area (Å²) < 4.78 is 1.71. The normalized spacial score (nSPS) is 20.3. The molecular weight excluding hydrogens is 368 g/mol. The number of anilines is 4. The van der Waals surface area contributed by atoms with Crippen molar-refractivity contribution in [2.24, 2.45) is 0 Å². The Balaban J connectivity index is 1.40. The number of nitrogens with zero attached hydrogens (tertiary/aromatic N) is 4. The quantitative estimate of drug-likeness (QED) is 0.539. The van der Waals surface area contributed by atoms with E-state index in [9.17, 15) is 4.79 Å². The van der Waals surface area contributed by atoms with Crippen LogP contribution in [0.1, 0.15) is 32.3 Å². The highest BCUT2D eigenvalue weighted by atomic mass is 16.2. The first-order valence-electron chi connectivity index (χ1n) is 9.92. The Hall–Kier alpha value is -3.20. The van der Waals surface area contributed by atoms with Crippen molar-refractivity contribution in [2.45, 2.75) is 38.1 Å². The van der Waals surface area contributed by atoms with Gasteiger partial charge in [0.1, 0.15) is 0 Å². The standard InChI is InChI=1S/C20H24N8O/c1-20(2)14-6-5-12(10-15(14)25-18(20)29)24-19-26-17-16(22-8-9-28(17)27-19)23-13-4-3-7-21-11-13/h5-6,8-10,13,21H,3-4,7,11H2,1-2H3,(H,22,23)(H,24,27)(H,25,29). The SMILES string of the molecule is CC1(C)C(=O)Nc2cc(Nc3nc4c(NC5CCCNC5)nccn4n3)ccc21. The lowest BCUT2D eigenvalue weighted by molar-refractivity contribution is -0.119. The molecule has 1 fully saturated rings. The number of carbonyl (C=O) groups excluding carboxylic acids is 1. The molecular formula is C20H24N8O. The van der Waals surface area contributed by atoms with Gasteiger partial charge in [0.2, 0.25) is 11.9 Å². The molecule has 1 atom stereocenters. The van der Waals surface area contributed by atoms with Gasteiger partial charge in [-0.25, -0.2) is 9.50 Å².